The van der Waals surface area contributed by atoms with Crippen LogP contribution in [0.2, 0.25) is 0 Å². The van der Waals surface area contributed by atoms with Crippen LogP contribution < -0.4 is 5.32 Å². The fraction of sp³-hybridized carbons (Fsp3) is 0.333. The van der Waals surface area contributed by atoms with Crippen LogP contribution in [0.1, 0.15) is 35.4 Å². The molecule has 30 heavy (non-hydrogen) atoms. The molecule has 0 amide bonds. The van der Waals surface area contributed by atoms with Gasteiger partial charge in [0.25, 0.3) is 0 Å². The fourth-order valence-electron chi connectivity index (χ4n) is 5.58. The maximum Gasteiger partial charge on any atom is 0.123 e. The van der Waals surface area contributed by atoms with Crippen LogP contribution in [0.4, 0.5) is 4.39 Å². The predicted octanol–water partition coefficient (Wildman–Crippen LogP) is 5.21. The molecule has 3 aliphatic rings. The molecule has 3 heteroatoms. The molecule has 2 atom stereocenters. The van der Waals surface area contributed by atoms with Crippen LogP contribution in [0.3, 0.4) is 0 Å². The van der Waals surface area contributed by atoms with Crippen LogP contribution >= 0.6 is 0 Å². The highest BCUT2D eigenvalue weighted by molar-refractivity contribution is 5.36. The van der Waals surface area contributed by atoms with Gasteiger partial charge in [0.05, 0.1) is 0 Å². The van der Waals surface area contributed by atoms with Crippen molar-refractivity contribution < 1.29 is 4.39 Å². The third-order valence-corrected chi connectivity index (χ3v) is 6.96. The molecule has 3 aromatic carbocycles. The summed E-state index contributed by atoms with van der Waals surface area (Å²) >= 11 is 0. The van der Waals surface area contributed by atoms with Crippen molar-refractivity contribution in [2.24, 2.45) is 5.92 Å². The summed E-state index contributed by atoms with van der Waals surface area (Å²) in [5.74, 6) is 0.829. The maximum absolute atomic E-state index is 13.7. The number of fused-ring (bicyclic) bond motifs is 3. The van der Waals surface area contributed by atoms with Gasteiger partial charge >= 0.3 is 0 Å². The summed E-state index contributed by atoms with van der Waals surface area (Å²) in [7, 11) is 0. The molecule has 0 radical (unpaired) electrons. The molecule has 0 aliphatic carbocycles. The lowest BCUT2D eigenvalue weighted by Gasteiger charge is -2.54. The van der Waals surface area contributed by atoms with Gasteiger partial charge in [-0.2, -0.15) is 0 Å². The summed E-state index contributed by atoms with van der Waals surface area (Å²) in [6.07, 6.45) is 2.49. The van der Waals surface area contributed by atoms with E-state index in [0.29, 0.717) is 30.5 Å². The van der Waals surface area contributed by atoms with E-state index in [9.17, 15) is 4.39 Å². The Morgan fingerprint density at radius 1 is 0.833 bits per heavy atom. The van der Waals surface area contributed by atoms with Gasteiger partial charge in [0, 0.05) is 24.5 Å². The summed E-state index contributed by atoms with van der Waals surface area (Å²) in [6, 6.07) is 29.6. The SMILES string of the molecule is Fc1cccc(CN[C@@H]2C3CCN(CC3)[C@H]2C(c2ccccc2)c2ccccc2)c1. The first-order valence-electron chi connectivity index (χ1n) is 11.1. The zero-order valence-corrected chi connectivity index (χ0v) is 17.3. The second-order valence-corrected chi connectivity index (χ2v) is 8.70. The van der Waals surface area contributed by atoms with Crippen molar-refractivity contribution in [3.05, 3.63) is 107 Å². The van der Waals surface area contributed by atoms with Crippen molar-refractivity contribution in [3.8, 4) is 0 Å². The van der Waals surface area contributed by atoms with E-state index in [1.165, 1.54) is 43.1 Å². The van der Waals surface area contributed by atoms with Crippen molar-refractivity contribution in [2.45, 2.75) is 37.4 Å². The Balaban J connectivity index is 1.49. The van der Waals surface area contributed by atoms with Crippen LogP contribution in [0, 0.1) is 11.7 Å². The minimum Gasteiger partial charge on any atom is -0.308 e. The average molecular weight is 401 g/mol. The van der Waals surface area contributed by atoms with Crippen molar-refractivity contribution in [1.82, 2.24) is 10.2 Å². The van der Waals surface area contributed by atoms with Crippen LogP contribution in [0.15, 0.2) is 84.9 Å². The van der Waals surface area contributed by atoms with Crippen molar-refractivity contribution in [3.63, 3.8) is 0 Å². The standard InChI is InChI=1S/C27H29FN2/c28-24-13-7-8-20(18-24)19-29-26-23-14-16-30(17-15-23)27(26)25(21-9-3-1-4-10-21)22-11-5-2-6-12-22/h1-13,18,23,25-27,29H,14-17,19H2/t26-,27+/m1/s1. The van der Waals surface area contributed by atoms with Gasteiger partial charge in [-0.05, 0) is 60.7 Å². The van der Waals surface area contributed by atoms with Crippen LogP contribution in [0.5, 0.6) is 0 Å². The fourth-order valence-corrected chi connectivity index (χ4v) is 5.58. The zero-order chi connectivity index (χ0) is 20.3. The Kier molecular flexibility index (Phi) is 5.65. The Bertz CT molecular complexity index is 911. The largest absolute Gasteiger partial charge is 0.308 e. The van der Waals surface area contributed by atoms with E-state index in [1.54, 1.807) is 12.1 Å². The Morgan fingerprint density at radius 3 is 2.07 bits per heavy atom. The monoisotopic (exact) mass is 400 g/mol. The zero-order valence-electron chi connectivity index (χ0n) is 17.3. The number of nitrogens with zero attached hydrogens (tertiary/aromatic N) is 1. The van der Waals surface area contributed by atoms with E-state index < -0.39 is 0 Å². The van der Waals surface area contributed by atoms with Crippen LogP contribution in [-0.2, 0) is 6.54 Å². The molecule has 0 saturated carbocycles. The summed E-state index contributed by atoms with van der Waals surface area (Å²) in [6.45, 7) is 3.05. The Labute approximate surface area is 178 Å². The highest BCUT2D eigenvalue weighted by Crippen LogP contribution is 2.42. The van der Waals surface area contributed by atoms with Gasteiger partial charge in [-0.3, -0.25) is 4.90 Å². The molecule has 3 fully saturated rings. The topological polar surface area (TPSA) is 15.3 Å². The number of hydrogen-bond acceptors (Lipinski definition) is 2. The second-order valence-electron chi connectivity index (χ2n) is 8.70. The molecule has 1 N–H and O–H groups in total. The van der Waals surface area contributed by atoms with E-state index >= 15 is 0 Å². The predicted molar refractivity (Wildman–Crippen MR) is 120 cm³/mol. The minimum atomic E-state index is -0.161. The van der Waals surface area contributed by atoms with Gasteiger partial charge in [-0.15, -0.1) is 0 Å². The van der Waals surface area contributed by atoms with Gasteiger partial charge in [0.1, 0.15) is 5.82 Å². The number of nitrogens with one attached hydrogen (secondary N) is 1. The molecule has 3 heterocycles. The molecule has 2 bridgehead atoms. The Morgan fingerprint density at radius 2 is 1.47 bits per heavy atom. The molecule has 0 unspecified atom stereocenters. The molecule has 3 aromatic rings. The van der Waals surface area contributed by atoms with Crippen LogP contribution in [-0.4, -0.2) is 30.1 Å². The van der Waals surface area contributed by atoms with E-state index in [1.807, 2.05) is 6.07 Å². The lowest BCUT2D eigenvalue weighted by molar-refractivity contribution is 0.00467. The molecular formula is C27H29FN2. The minimum absolute atomic E-state index is 0.161. The first kappa shape index (κ1) is 19.5. The normalized spacial score (nSPS) is 25.5. The summed E-state index contributed by atoms with van der Waals surface area (Å²) in [5.41, 5.74) is 3.76. The van der Waals surface area contributed by atoms with Gasteiger partial charge in [-0.1, -0.05) is 72.8 Å². The van der Waals surface area contributed by atoms with Crippen molar-refractivity contribution >= 4 is 0 Å². The number of benzene rings is 3. The van der Waals surface area contributed by atoms with Gasteiger partial charge in [0.15, 0.2) is 0 Å². The summed E-state index contributed by atoms with van der Waals surface area (Å²) in [4.78, 5) is 2.69. The van der Waals surface area contributed by atoms with E-state index in [-0.39, 0.29) is 5.82 Å². The number of piperidine rings is 3. The summed E-state index contributed by atoms with van der Waals surface area (Å²) in [5, 5.41) is 3.86. The highest BCUT2D eigenvalue weighted by Gasteiger charge is 2.46. The van der Waals surface area contributed by atoms with E-state index in [4.69, 9.17) is 0 Å². The average Bonchev–Trinajstić information content (AvgIpc) is 2.81. The van der Waals surface area contributed by atoms with Crippen molar-refractivity contribution in [1.29, 1.82) is 0 Å². The summed E-state index contributed by atoms with van der Waals surface area (Å²) < 4.78 is 13.7. The lowest BCUT2D eigenvalue weighted by Crippen LogP contribution is -2.64. The van der Waals surface area contributed by atoms with Gasteiger partial charge < -0.3 is 5.32 Å². The quantitative estimate of drug-likeness (QED) is 0.611. The number of hydrogen-bond donors (Lipinski definition) is 1. The smallest absolute Gasteiger partial charge is 0.123 e. The molecule has 154 valence electrons. The molecule has 2 nitrogen and oxygen atoms in total. The first-order chi connectivity index (χ1) is 14.8. The number of halogens is 1. The maximum atomic E-state index is 13.7. The van der Waals surface area contributed by atoms with E-state index in [2.05, 4.69) is 70.9 Å². The Hall–Kier alpha value is -2.49. The third-order valence-electron chi connectivity index (χ3n) is 6.96. The molecule has 3 saturated heterocycles. The lowest BCUT2D eigenvalue weighted by atomic mass is 9.70. The second kappa shape index (κ2) is 8.71. The molecular weight excluding hydrogens is 371 g/mol. The number of rotatable bonds is 6. The van der Waals surface area contributed by atoms with Crippen LogP contribution in [0.25, 0.3) is 0 Å². The molecule has 0 aromatic heterocycles. The highest BCUT2D eigenvalue weighted by atomic mass is 19.1. The first-order valence-corrected chi connectivity index (χ1v) is 11.1. The third kappa shape index (κ3) is 3.92. The molecule has 0 spiro atoms. The van der Waals surface area contributed by atoms with Gasteiger partial charge in [0.2, 0.25) is 0 Å². The molecule has 6 rings (SSSR count). The molecule has 3 aliphatic heterocycles. The van der Waals surface area contributed by atoms with Crippen molar-refractivity contribution in [2.75, 3.05) is 13.1 Å². The van der Waals surface area contributed by atoms with Gasteiger partial charge in [-0.25, -0.2) is 4.39 Å². The van der Waals surface area contributed by atoms with E-state index in [0.717, 1.165) is 5.56 Å².